The lowest BCUT2D eigenvalue weighted by Crippen LogP contribution is -2.39. The summed E-state index contributed by atoms with van der Waals surface area (Å²) in [5, 5.41) is 3.57. The normalized spacial score (nSPS) is 16.3. The lowest BCUT2D eigenvalue weighted by molar-refractivity contribution is 0.0667. The molecule has 116 valence electrons. The number of anilines is 1. The van der Waals surface area contributed by atoms with Crippen LogP contribution < -0.4 is 5.32 Å². The summed E-state index contributed by atoms with van der Waals surface area (Å²) >= 11 is 6.16. The van der Waals surface area contributed by atoms with Crippen molar-refractivity contribution >= 4 is 23.3 Å². The van der Waals surface area contributed by atoms with Crippen LogP contribution in [-0.4, -0.2) is 35.4 Å². The van der Waals surface area contributed by atoms with E-state index in [0.29, 0.717) is 22.3 Å². The van der Waals surface area contributed by atoms with Crippen molar-refractivity contribution < 1.29 is 4.79 Å². The summed E-state index contributed by atoms with van der Waals surface area (Å²) in [5.74, 6) is 2.09. The highest BCUT2D eigenvalue weighted by molar-refractivity contribution is 6.33. The van der Waals surface area contributed by atoms with E-state index in [9.17, 15) is 4.79 Å². The highest BCUT2D eigenvalue weighted by atomic mass is 35.5. The molecular weight excluding hydrogens is 286 g/mol. The topological polar surface area (TPSA) is 45.2 Å². The summed E-state index contributed by atoms with van der Waals surface area (Å²) in [6.07, 6.45) is 3.78. The zero-order chi connectivity index (χ0) is 15.4. The van der Waals surface area contributed by atoms with E-state index in [1.54, 1.807) is 12.3 Å². The Bertz CT molecular complexity index is 496. The van der Waals surface area contributed by atoms with Crippen LogP contribution in [0.1, 0.15) is 44.0 Å². The van der Waals surface area contributed by atoms with E-state index in [0.717, 1.165) is 38.4 Å². The fourth-order valence-corrected chi connectivity index (χ4v) is 3.04. The second kappa shape index (κ2) is 7.12. The predicted molar refractivity (Wildman–Crippen MR) is 86.9 cm³/mol. The third kappa shape index (κ3) is 3.88. The average molecular weight is 310 g/mol. The minimum atomic E-state index is 0.0367. The molecule has 0 spiro atoms. The maximum atomic E-state index is 12.5. The van der Waals surface area contributed by atoms with Crippen LogP contribution in [-0.2, 0) is 0 Å². The standard InChI is InChI=1S/C16H24ClN3O/c1-4-18-15-14(17)9-13(10-19-15)16(21)20-7-5-12(6-8-20)11(2)3/h9-12H,4-8H2,1-3H3,(H,18,19). The molecule has 0 saturated carbocycles. The molecule has 1 aliphatic heterocycles. The van der Waals surface area contributed by atoms with Crippen LogP contribution >= 0.6 is 11.6 Å². The van der Waals surface area contributed by atoms with Crippen molar-refractivity contribution in [2.24, 2.45) is 11.8 Å². The number of hydrogen-bond donors (Lipinski definition) is 1. The molecule has 0 unspecified atom stereocenters. The molecule has 1 amide bonds. The van der Waals surface area contributed by atoms with E-state index >= 15 is 0 Å². The smallest absolute Gasteiger partial charge is 0.255 e. The number of likely N-dealkylation sites (tertiary alicyclic amines) is 1. The third-order valence-electron chi connectivity index (χ3n) is 4.20. The van der Waals surface area contributed by atoms with Gasteiger partial charge in [0.2, 0.25) is 0 Å². The first-order valence-corrected chi connectivity index (χ1v) is 8.09. The van der Waals surface area contributed by atoms with Gasteiger partial charge in [0, 0.05) is 25.8 Å². The van der Waals surface area contributed by atoms with E-state index in [2.05, 4.69) is 24.1 Å². The Hall–Kier alpha value is -1.29. The first-order valence-electron chi connectivity index (χ1n) is 7.71. The Kier molecular flexibility index (Phi) is 5.45. The number of nitrogens with zero attached hydrogens (tertiary/aromatic N) is 2. The van der Waals surface area contributed by atoms with Crippen LogP contribution in [0, 0.1) is 11.8 Å². The first-order chi connectivity index (χ1) is 10.0. The fraction of sp³-hybridized carbons (Fsp3) is 0.625. The van der Waals surface area contributed by atoms with Gasteiger partial charge in [0.05, 0.1) is 10.6 Å². The zero-order valence-electron chi connectivity index (χ0n) is 13.0. The lowest BCUT2D eigenvalue weighted by Gasteiger charge is -2.33. The molecule has 1 fully saturated rings. The quantitative estimate of drug-likeness (QED) is 0.923. The number of rotatable bonds is 4. The van der Waals surface area contributed by atoms with Crippen molar-refractivity contribution in [2.75, 3.05) is 25.0 Å². The minimum absolute atomic E-state index is 0.0367. The molecule has 1 aromatic heterocycles. The number of halogens is 1. The van der Waals surface area contributed by atoms with E-state index < -0.39 is 0 Å². The molecular formula is C16H24ClN3O. The molecule has 2 heterocycles. The van der Waals surface area contributed by atoms with Crippen molar-refractivity contribution in [1.82, 2.24) is 9.88 Å². The number of pyridine rings is 1. The Labute approximate surface area is 131 Å². The maximum absolute atomic E-state index is 12.5. The van der Waals surface area contributed by atoms with Crippen molar-refractivity contribution in [1.29, 1.82) is 0 Å². The summed E-state index contributed by atoms with van der Waals surface area (Å²) in [6.45, 7) is 8.90. The number of amides is 1. The van der Waals surface area contributed by atoms with Gasteiger partial charge in [0.15, 0.2) is 0 Å². The van der Waals surface area contributed by atoms with Crippen LogP contribution in [0.2, 0.25) is 5.02 Å². The van der Waals surface area contributed by atoms with Crippen molar-refractivity contribution in [3.05, 3.63) is 22.8 Å². The highest BCUT2D eigenvalue weighted by Gasteiger charge is 2.25. The van der Waals surface area contributed by atoms with Crippen LogP contribution in [0.25, 0.3) is 0 Å². The van der Waals surface area contributed by atoms with Gasteiger partial charge in [-0.05, 0) is 37.7 Å². The molecule has 0 bridgehead atoms. The Balaban J connectivity index is 2.02. The summed E-state index contributed by atoms with van der Waals surface area (Å²) in [5.41, 5.74) is 0.574. The van der Waals surface area contributed by atoms with E-state index in [1.165, 1.54) is 0 Å². The van der Waals surface area contributed by atoms with Crippen LogP contribution in [0.5, 0.6) is 0 Å². The van der Waals surface area contributed by atoms with Gasteiger partial charge in [-0.3, -0.25) is 4.79 Å². The minimum Gasteiger partial charge on any atom is -0.369 e. The summed E-state index contributed by atoms with van der Waals surface area (Å²) in [6, 6.07) is 1.71. The SMILES string of the molecule is CCNc1ncc(C(=O)N2CCC(C(C)C)CC2)cc1Cl. The van der Waals surface area contributed by atoms with Gasteiger partial charge >= 0.3 is 0 Å². The number of nitrogens with one attached hydrogen (secondary N) is 1. The van der Waals surface area contributed by atoms with Gasteiger partial charge in [0.25, 0.3) is 5.91 Å². The van der Waals surface area contributed by atoms with E-state index in [1.807, 2.05) is 11.8 Å². The molecule has 1 aliphatic rings. The molecule has 0 atom stereocenters. The molecule has 1 aromatic rings. The van der Waals surface area contributed by atoms with Gasteiger partial charge in [-0.2, -0.15) is 0 Å². The highest BCUT2D eigenvalue weighted by Crippen LogP contribution is 2.26. The van der Waals surface area contributed by atoms with Gasteiger partial charge in [-0.25, -0.2) is 4.98 Å². The van der Waals surface area contributed by atoms with Crippen LogP contribution in [0.3, 0.4) is 0 Å². The fourth-order valence-electron chi connectivity index (χ4n) is 2.80. The molecule has 0 radical (unpaired) electrons. The summed E-state index contributed by atoms with van der Waals surface area (Å²) < 4.78 is 0. The van der Waals surface area contributed by atoms with Gasteiger partial charge in [-0.15, -0.1) is 0 Å². The largest absolute Gasteiger partial charge is 0.369 e. The second-order valence-electron chi connectivity index (χ2n) is 5.96. The predicted octanol–water partition coefficient (Wildman–Crippen LogP) is 3.68. The molecule has 0 aliphatic carbocycles. The van der Waals surface area contributed by atoms with Crippen molar-refractivity contribution in [2.45, 2.75) is 33.6 Å². The van der Waals surface area contributed by atoms with Crippen molar-refractivity contribution in [3.8, 4) is 0 Å². The molecule has 0 aromatic carbocycles. The molecule has 1 saturated heterocycles. The van der Waals surface area contributed by atoms with E-state index in [-0.39, 0.29) is 5.91 Å². The van der Waals surface area contributed by atoms with Gasteiger partial charge in [0.1, 0.15) is 5.82 Å². The molecule has 2 rings (SSSR count). The monoisotopic (exact) mass is 309 g/mol. The van der Waals surface area contributed by atoms with Crippen LogP contribution in [0.4, 0.5) is 5.82 Å². The zero-order valence-corrected chi connectivity index (χ0v) is 13.8. The first kappa shape index (κ1) is 16.1. The van der Waals surface area contributed by atoms with Crippen LogP contribution in [0.15, 0.2) is 12.3 Å². The second-order valence-corrected chi connectivity index (χ2v) is 6.37. The summed E-state index contributed by atoms with van der Waals surface area (Å²) in [4.78, 5) is 18.7. The molecule has 4 nitrogen and oxygen atoms in total. The van der Waals surface area contributed by atoms with Gasteiger partial charge in [-0.1, -0.05) is 25.4 Å². The number of carbonyl (C=O) groups excluding carboxylic acids is 1. The Morgan fingerprint density at radius 2 is 2.14 bits per heavy atom. The number of aromatic nitrogens is 1. The molecule has 21 heavy (non-hydrogen) atoms. The number of piperidine rings is 1. The van der Waals surface area contributed by atoms with Gasteiger partial charge < -0.3 is 10.2 Å². The Morgan fingerprint density at radius 3 is 2.67 bits per heavy atom. The average Bonchev–Trinajstić information content (AvgIpc) is 2.49. The molecule has 5 heteroatoms. The Morgan fingerprint density at radius 1 is 1.48 bits per heavy atom. The lowest BCUT2D eigenvalue weighted by atomic mass is 9.86. The number of carbonyl (C=O) groups is 1. The third-order valence-corrected chi connectivity index (χ3v) is 4.49. The maximum Gasteiger partial charge on any atom is 0.255 e. The van der Waals surface area contributed by atoms with E-state index in [4.69, 9.17) is 11.6 Å². The van der Waals surface area contributed by atoms with Crippen molar-refractivity contribution in [3.63, 3.8) is 0 Å². The molecule has 1 N–H and O–H groups in total. The number of hydrogen-bond acceptors (Lipinski definition) is 3. The summed E-state index contributed by atoms with van der Waals surface area (Å²) in [7, 11) is 0.